The van der Waals surface area contributed by atoms with E-state index in [1.165, 1.54) is 176 Å². The van der Waals surface area contributed by atoms with E-state index in [2.05, 4.69) is 49.1 Å². The van der Waals surface area contributed by atoms with Crippen molar-refractivity contribution in [2.24, 2.45) is 0 Å². The lowest BCUT2D eigenvalue weighted by Gasteiger charge is -2.27. The lowest BCUT2D eigenvalue weighted by molar-refractivity contribution is 0.111. The summed E-state index contributed by atoms with van der Waals surface area (Å²) in [4.78, 5) is 2.61. The number of rotatable bonds is 25. The SMILES string of the molecule is CCCCCCCCCCCCN(CCCCCCCCCCCC)CC(O)c1cc2c(c3ccccc13)CCCC2. The van der Waals surface area contributed by atoms with Gasteiger partial charge in [-0.2, -0.15) is 0 Å². The van der Waals surface area contributed by atoms with Crippen LogP contribution in [0.25, 0.3) is 10.8 Å². The first-order chi connectivity index (χ1) is 20.7. The molecule has 1 aliphatic carbocycles. The Morgan fingerprint density at radius 1 is 0.595 bits per heavy atom. The van der Waals surface area contributed by atoms with Crippen LogP contribution in [0.4, 0.5) is 0 Å². The first-order valence-corrected chi connectivity index (χ1v) is 18.7. The molecule has 0 aliphatic heterocycles. The molecule has 3 rings (SSSR count). The first-order valence-electron chi connectivity index (χ1n) is 18.7. The fraction of sp³-hybridized carbons (Fsp3) is 0.750. The maximum absolute atomic E-state index is 11.7. The summed E-state index contributed by atoms with van der Waals surface area (Å²) < 4.78 is 0. The molecule has 1 aliphatic rings. The molecule has 0 spiro atoms. The Bertz CT molecular complexity index is 928. The first kappa shape index (κ1) is 35.1. The Kier molecular flexibility index (Phi) is 18.5. The summed E-state index contributed by atoms with van der Waals surface area (Å²) in [7, 11) is 0. The third-order valence-electron chi connectivity index (χ3n) is 9.85. The van der Waals surface area contributed by atoms with Crippen LogP contribution in [0.3, 0.4) is 0 Å². The third-order valence-corrected chi connectivity index (χ3v) is 9.85. The molecule has 2 aromatic carbocycles. The molecule has 0 amide bonds. The van der Waals surface area contributed by atoms with Gasteiger partial charge in [-0.25, -0.2) is 0 Å². The minimum Gasteiger partial charge on any atom is -0.387 e. The number of aliphatic hydroxyl groups is 1. The quantitative estimate of drug-likeness (QED) is 0.119. The zero-order valence-electron chi connectivity index (χ0n) is 28.0. The predicted molar refractivity (Wildman–Crippen MR) is 186 cm³/mol. The zero-order chi connectivity index (χ0) is 29.7. The molecule has 0 saturated carbocycles. The summed E-state index contributed by atoms with van der Waals surface area (Å²) in [6, 6.07) is 11.2. The van der Waals surface area contributed by atoms with Crippen LogP contribution in [-0.2, 0) is 12.8 Å². The number of hydrogen-bond donors (Lipinski definition) is 1. The standard InChI is InChI=1S/C40H67NO/c1-3-5-7-9-11-13-15-17-19-25-31-41(32-26-20-18-16-14-12-10-8-6-4-2)34-40(42)39-33-35-27-21-22-28-36(35)37-29-23-24-30-38(37)39/h23-24,29-30,33,40,42H,3-22,25-28,31-32,34H2,1-2H3. The van der Waals surface area contributed by atoms with E-state index < -0.39 is 6.10 Å². The maximum Gasteiger partial charge on any atom is 0.0923 e. The molecule has 238 valence electrons. The van der Waals surface area contributed by atoms with Gasteiger partial charge in [-0.1, -0.05) is 160 Å². The van der Waals surface area contributed by atoms with Gasteiger partial charge in [0.1, 0.15) is 0 Å². The van der Waals surface area contributed by atoms with Gasteiger partial charge in [-0.15, -0.1) is 0 Å². The molecule has 0 radical (unpaired) electrons. The highest BCUT2D eigenvalue weighted by molar-refractivity contribution is 5.90. The Hall–Kier alpha value is -1.38. The molecule has 2 aromatic rings. The largest absolute Gasteiger partial charge is 0.387 e. The summed E-state index contributed by atoms with van der Waals surface area (Å²) >= 11 is 0. The van der Waals surface area contributed by atoms with Gasteiger partial charge in [0.25, 0.3) is 0 Å². The van der Waals surface area contributed by atoms with Gasteiger partial charge < -0.3 is 10.0 Å². The van der Waals surface area contributed by atoms with Crippen molar-refractivity contribution < 1.29 is 5.11 Å². The second-order valence-electron chi connectivity index (χ2n) is 13.5. The summed E-state index contributed by atoms with van der Waals surface area (Å²) in [6.45, 7) is 7.64. The van der Waals surface area contributed by atoms with Crippen LogP contribution in [0.5, 0.6) is 0 Å². The van der Waals surface area contributed by atoms with Crippen molar-refractivity contribution >= 4 is 10.8 Å². The minimum absolute atomic E-state index is 0.409. The number of fused-ring (bicyclic) bond motifs is 3. The summed E-state index contributed by atoms with van der Waals surface area (Å²) in [6.07, 6.45) is 32.1. The van der Waals surface area contributed by atoms with Crippen LogP contribution < -0.4 is 0 Å². The van der Waals surface area contributed by atoms with Crippen molar-refractivity contribution in [3.63, 3.8) is 0 Å². The van der Waals surface area contributed by atoms with Crippen molar-refractivity contribution in [1.82, 2.24) is 4.90 Å². The lowest BCUT2D eigenvalue weighted by Crippen LogP contribution is -2.31. The Morgan fingerprint density at radius 3 is 1.57 bits per heavy atom. The normalized spacial score (nSPS) is 14.1. The predicted octanol–water partition coefficient (Wildman–Crippen LogP) is 11.9. The van der Waals surface area contributed by atoms with E-state index in [1.807, 2.05) is 0 Å². The number of hydrogen-bond acceptors (Lipinski definition) is 2. The maximum atomic E-state index is 11.7. The average Bonchev–Trinajstić information content (AvgIpc) is 3.02. The highest BCUT2D eigenvalue weighted by atomic mass is 16.3. The Labute approximate surface area is 261 Å². The summed E-state index contributed by atoms with van der Waals surface area (Å²) in [5.74, 6) is 0. The smallest absolute Gasteiger partial charge is 0.0923 e. The van der Waals surface area contributed by atoms with Crippen molar-refractivity contribution in [3.8, 4) is 0 Å². The van der Waals surface area contributed by atoms with Crippen LogP contribution in [0, 0.1) is 0 Å². The molecule has 1 unspecified atom stereocenters. The molecular weight excluding hydrogens is 510 g/mol. The van der Waals surface area contributed by atoms with Gasteiger partial charge in [0.15, 0.2) is 0 Å². The molecule has 1 N–H and O–H groups in total. The van der Waals surface area contributed by atoms with Crippen LogP contribution in [-0.4, -0.2) is 29.6 Å². The molecule has 2 heteroatoms. The van der Waals surface area contributed by atoms with Gasteiger partial charge in [0, 0.05) is 6.54 Å². The van der Waals surface area contributed by atoms with E-state index in [0.29, 0.717) is 0 Å². The Morgan fingerprint density at radius 2 is 1.05 bits per heavy atom. The third kappa shape index (κ3) is 13.1. The topological polar surface area (TPSA) is 23.5 Å². The van der Waals surface area contributed by atoms with Crippen LogP contribution in [0.1, 0.15) is 178 Å². The van der Waals surface area contributed by atoms with Gasteiger partial charge in [-0.3, -0.25) is 0 Å². The summed E-state index contributed by atoms with van der Waals surface area (Å²) in [5, 5.41) is 14.3. The van der Waals surface area contributed by atoms with E-state index >= 15 is 0 Å². The highest BCUT2D eigenvalue weighted by Crippen LogP contribution is 2.34. The zero-order valence-corrected chi connectivity index (χ0v) is 28.0. The fourth-order valence-corrected chi connectivity index (χ4v) is 7.22. The van der Waals surface area contributed by atoms with E-state index in [-0.39, 0.29) is 0 Å². The van der Waals surface area contributed by atoms with Crippen molar-refractivity contribution in [2.45, 2.75) is 174 Å². The number of benzene rings is 2. The van der Waals surface area contributed by atoms with Gasteiger partial charge in [0.05, 0.1) is 6.10 Å². The van der Waals surface area contributed by atoms with Crippen molar-refractivity contribution in [2.75, 3.05) is 19.6 Å². The summed E-state index contributed by atoms with van der Waals surface area (Å²) in [5.41, 5.74) is 4.20. The molecule has 0 fully saturated rings. The van der Waals surface area contributed by atoms with Crippen LogP contribution >= 0.6 is 0 Å². The Balaban J connectivity index is 1.48. The molecule has 2 nitrogen and oxygen atoms in total. The molecule has 0 aromatic heterocycles. The fourth-order valence-electron chi connectivity index (χ4n) is 7.22. The second kappa shape index (κ2) is 22.2. The number of aliphatic hydroxyl groups excluding tert-OH is 1. The van der Waals surface area contributed by atoms with Gasteiger partial charge >= 0.3 is 0 Å². The van der Waals surface area contributed by atoms with Gasteiger partial charge in [0.2, 0.25) is 0 Å². The van der Waals surface area contributed by atoms with Crippen molar-refractivity contribution in [3.05, 3.63) is 47.0 Å². The minimum atomic E-state index is -0.409. The average molecular weight is 578 g/mol. The highest BCUT2D eigenvalue weighted by Gasteiger charge is 2.20. The monoisotopic (exact) mass is 578 g/mol. The number of nitrogens with zero attached hydrogens (tertiary/aromatic N) is 1. The van der Waals surface area contributed by atoms with Crippen LogP contribution in [0.2, 0.25) is 0 Å². The van der Waals surface area contributed by atoms with E-state index in [1.54, 1.807) is 5.56 Å². The van der Waals surface area contributed by atoms with Crippen molar-refractivity contribution in [1.29, 1.82) is 0 Å². The van der Waals surface area contributed by atoms with E-state index in [0.717, 1.165) is 19.6 Å². The van der Waals surface area contributed by atoms with E-state index in [4.69, 9.17) is 0 Å². The number of unbranched alkanes of at least 4 members (excludes halogenated alkanes) is 18. The molecule has 1 atom stereocenters. The van der Waals surface area contributed by atoms with Gasteiger partial charge in [-0.05, 0) is 79.1 Å². The molecule has 0 saturated heterocycles. The molecule has 0 heterocycles. The molecule has 42 heavy (non-hydrogen) atoms. The number of aryl methyl sites for hydroxylation is 2. The molecule has 0 bridgehead atoms. The van der Waals surface area contributed by atoms with Crippen LogP contribution in [0.15, 0.2) is 30.3 Å². The second-order valence-corrected chi connectivity index (χ2v) is 13.5. The molecular formula is C40H67NO. The van der Waals surface area contributed by atoms with E-state index in [9.17, 15) is 5.11 Å². The lowest BCUT2D eigenvalue weighted by atomic mass is 9.84.